The predicted molar refractivity (Wildman–Crippen MR) is 100 cm³/mol. The SMILES string of the molecule is O=C(O)c1cn(C2CC2)c2cc(N3CCC(=CCO)CC3)c(F)cc2c1=O. The Morgan fingerprint density at radius 3 is 2.56 bits per heavy atom. The lowest BCUT2D eigenvalue weighted by molar-refractivity contribution is 0.0695. The van der Waals surface area contributed by atoms with Gasteiger partial charge in [0, 0.05) is 30.7 Å². The number of aliphatic hydroxyl groups is 1. The lowest BCUT2D eigenvalue weighted by Gasteiger charge is -2.31. The number of benzene rings is 1. The maximum absolute atomic E-state index is 14.8. The Labute approximate surface area is 155 Å². The molecular formula is C20H21FN2O4. The molecule has 27 heavy (non-hydrogen) atoms. The zero-order valence-corrected chi connectivity index (χ0v) is 14.8. The summed E-state index contributed by atoms with van der Waals surface area (Å²) in [6, 6.07) is 3.01. The number of fused-ring (bicyclic) bond motifs is 1. The van der Waals surface area contributed by atoms with Gasteiger partial charge >= 0.3 is 5.97 Å². The molecule has 2 fully saturated rings. The van der Waals surface area contributed by atoms with Gasteiger partial charge in [0.1, 0.15) is 11.4 Å². The summed E-state index contributed by atoms with van der Waals surface area (Å²) in [5.41, 5.74) is 1.21. The van der Waals surface area contributed by atoms with E-state index in [1.807, 2.05) is 9.47 Å². The Morgan fingerprint density at radius 2 is 1.96 bits per heavy atom. The number of hydrogen-bond acceptors (Lipinski definition) is 4. The molecule has 1 aliphatic carbocycles. The van der Waals surface area contributed by atoms with Crippen molar-refractivity contribution < 1.29 is 19.4 Å². The standard InChI is InChI=1S/C20H21FN2O4/c21-16-9-14-17(10-18(16)22-6-3-12(4-7-22)5-8-24)23(13-1-2-13)11-15(19(14)25)20(26)27/h5,9-11,13,24H,1-4,6-8H2,(H,26,27). The first-order chi connectivity index (χ1) is 13.0. The fourth-order valence-electron chi connectivity index (χ4n) is 3.78. The summed E-state index contributed by atoms with van der Waals surface area (Å²) in [5.74, 6) is -1.81. The van der Waals surface area contributed by atoms with Crippen LogP contribution in [-0.4, -0.2) is 40.4 Å². The number of aromatic carboxylic acids is 1. The average Bonchev–Trinajstić information content (AvgIpc) is 3.48. The molecule has 0 bridgehead atoms. The number of halogens is 1. The third-order valence-electron chi connectivity index (χ3n) is 5.40. The molecule has 2 aliphatic rings. The molecule has 2 N–H and O–H groups in total. The number of carboxylic acid groups (broad SMARTS) is 1. The number of anilines is 1. The molecule has 0 unspecified atom stereocenters. The summed E-state index contributed by atoms with van der Waals surface area (Å²) < 4.78 is 16.6. The Bertz CT molecular complexity index is 997. The van der Waals surface area contributed by atoms with Crippen LogP contribution in [0.4, 0.5) is 10.1 Å². The number of hydrogen-bond donors (Lipinski definition) is 2. The van der Waals surface area contributed by atoms with Crippen molar-refractivity contribution in [1.82, 2.24) is 4.57 Å². The van der Waals surface area contributed by atoms with E-state index in [-0.39, 0.29) is 23.6 Å². The monoisotopic (exact) mass is 372 g/mol. The summed E-state index contributed by atoms with van der Waals surface area (Å²) in [5, 5.41) is 18.4. The van der Waals surface area contributed by atoms with Crippen molar-refractivity contribution in [3.8, 4) is 0 Å². The first kappa shape index (κ1) is 17.7. The topological polar surface area (TPSA) is 82.8 Å². The molecule has 0 amide bonds. The minimum atomic E-state index is -1.29. The van der Waals surface area contributed by atoms with Crippen molar-refractivity contribution in [3.63, 3.8) is 0 Å². The van der Waals surface area contributed by atoms with Crippen LogP contribution in [0.15, 0.2) is 34.8 Å². The summed E-state index contributed by atoms with van der Waals surface area (Å²) in [6.07, 6.45) is 6.54. The van der Waals surface area contributed by atoms with E-state index in [0.717, 1.165) is 31.3 Å². The number of rotatable bonds is 4. The van der Waals surface area contributed by atoms with Gasteiger partial charge in [-0.1, -0.05) is 11.6 Å². The molecule has 1 aromatic heterocycles. The van der Waals surface area contributed by atoms with E-state index in [4.69, 9.17) is 5.11 Å². The molecule has 1 saturated carbocycles. The highest BCUT2D eigenvalue weighted by Crippen LogP contribution is 2.38. The number of pyridine rings is 1. The fraction of sp³-hybridized carbons (Fsp3) is 0.400. The molecule has 1 aliphatic heterocycles. The smallest absolute Gasteiger partial charge is 0.341 e. The van der Waals surface area contributed by atoms with Crippen LogP contribution in [0.2, 0.25) is 0 Å². The molecule has 142 valence electrons. The largest absolute Gasteiger partial charge is 0.477 e. The van der Waals surface area contributed by atoms with Gasteiger partial charge in [0.25, 0.3) is 0 Å². The number of nitrogens with zero attached hydrogens (tertiary/aromatic N) is 2. The van der Waals surface area contributed by atoms with Gasteiger partial charge in [-0.05, 0) is 37.8 Å². The van der Waals surface area contributed by atoms with Gasteiger partial charge in [-0.3, -0.25) is 4.79 Å². The molecule has 7 heteroatoms. The molecule has 1 aromatic carbocycles. The van der Waals surface area contributed by atoms with Gasteiger partial charge in [0.05, 0.1) is 17.8 Å². The molecule has 0 radical (unpaired) electrons. The molecule has 1 saturated heterocycles. The highest BCUT2D eigenvalue weighted by molar-refractivity contribution is 5.93. The minimum Gasteiger partial charge on any atom is -0.477 e. The molecule has 6 nitrogen and oxygen atoms in total. The second kappa shape index (κ2) is 6.81. The Morgan fingerprint density at radius 1 is 1.26 bits per heavy atom. The van der Waals surface area contributed by atoms with Gasteiger partial charge in [0.2, 0.25) is 5.43 Å². The van der Waals surface area contributed by atoms with Crippen molar-refractivity contribution in [1.29, 1.82) is 0 Å². The van der Waals surface area contributed by atoms with E-state index >= 15 is 0 Å². The minimum absolute atomic E-state index is 0.0131. The number of aliphatic hydroxyl groups excluding tert-OH is 1. The van der Waals surface area contributed by atoms with Crippen LogP contribution in [0.1, 0.15) is 42.1 Å². The van der Waals surface area contributed by atoms with E-state index in [9.17, 15) is 19.1 Å². The summed E-state index contributed by atoms with van der Waals surface area (Å²) in [4.78, 5) is 25.9. The molecule has 4 rings (SSSR count). The normalized spacial score (nSPS) is 17.4. The maximum Gasteiger partial charge on any atom is 0.341 e. The van der Waals surface area contributed by atoms with Crippen LogP contribution >= 0.6 is 0 Å². The Kier molecular flexibility index (Phi) is 4.47. The number of carboxylic acids is 1. The van der Waals surface area contributed by atoms with Crippen LogP contribution in [0.5, 0.6) is 0 Å². The lowest BCUT2D eigenvalue weighted by atomic mass is 10.0. The highest BCUT2D eigenvalue weighted by Gasteiger charge is 2.28. The van der Waals surface area contributed by atoms with Crippen LogP contribution in [0.3, 0.4) is 0 Å². The van der Waals surface area contributed by atoms with Gasteiger partial charge in [0.15, 0.2) is 0 Å². The second-order valence-corrected chi connectivity index (χ2v) is 7.17. The Balaban J connectivity index is 1.80. The van der Waals surface area contributed by atoms with E-state index in [2.05, 4.69) is 0 Å². The predicted octanol–water partition coefficient (Wildman–Crippen LogP) is 2.69. The lowest BCUT2D eigenvalue weighted by Crippen LogP contribution is -2.31. The molecule has 2 aromatic rings. The van der Waals surface area contributed by atoms with E-state index in [0.29, 0.717) is 24.3 Å². The van der Waals surface area contributed by atoms with E-state index < -0.39 is 17.2 Å². The summed E-state index contributed by atoms with van der Waals surface area (Å²) in [7, 11) is 0. The first-order valence-corrected chi connectivity index (χ1v) is 9.15. The fourth-order valence-corrected chi connectivity index (χ4v) is 3.78. The van der Waals surface area contributed by atoms with Crippen molar-refractivity contribution in [2.24, 2.45) is 0 Å². The zero-order chi connectivity index (χ0) is 19.1. The molecule has 0 spiro atoms. The van der Waals surface area contributed by atoms with E-state index in [1.165, 1.54) is 12.3 Å². The molecule has 2 heterocycles. The van der Waals surface area contributed by atoms with Crippen LogP contribution in [0, 0.1) is 5.82 Å². The van der Waals surface area contributed by atoms with Crippen molar-refractivity contribution in [2.45, 2.75) is 31.7 Å². The van der Waals surface area contributed by atoms with Crippen molar-refractivity contribution in [2.75, 3.05) is 24.6 Å². The van der Waals surface area contributed by atoms with Crippen LogP contribution in [-0.2, 0) is 0 Å². The third-order valence-corrected chi connectivity index (χ3v) is 5.40. The molecule has 0 atom stereocenters. The van der Waals surface area contributed by atoms with Gasteiger partial charge in [-0.25, -0.2) is 9.18 Å². The zero-order valence-electron chi connectivity index (χ0n) is 14.8. The number of carbonyl (C=O) groups is 1. The summed E-state index contributed by atoms with van der Waals surface area (Å²) >= 11 is 0. The summed E-state index contributed by atoms with van der Waals surface area (Å²) in [6.45, 7) is 1.28. The van der Waals surface area contributed by atoms with Crippen molar-refractivity contribution in [3.05, 3.63) is 51.6 Å². The van der Waals surface area contributed by atoms with Gasteiger partial charge in [-0.2, -0.15) is 0 Å². The first-order valence-electron chi connectivity index (χ1n) is 9.15. The van der Waals surface area contributed by atoms with Gasteiger partial charge in [-0.15, -0.1) is 0 Å². The van der Waals surface area contributed by atoms with Crippen LogP contribution in [0.25, 0.3) is 10.9 Å². The average molecular weight is 372 g/mol. The highest BCUT2D eigenvalue weighted by atomic mass is 19.1. The number of aromatic nitrogens is 1. The maximum atomic E-state index is 14.8. The molecular weight excluding hydrogens is 351 g/mol. The number of piperidine rings is 1. The third kappa shape index (κ3) is 3.23. The Hall–Kier alpha value is -2.67. The van der Waals surface area contributed by atoms with Crippen LogP contribution < -0.4 is 10.3 Å². The quantitative estimate of drug-likeness (QED) is 0.807. The van der Waals surface area contributed by atoms with Crippen molar-refractivity contribution >= 4 is 22.6 Å². The van der Waals surface area contributed by atoms with E-state index in [1.54, 1.807) is 12.1 Å². The van der Waals surface area contributed by atoms with Gasteiger partial charge < -0.3 is 19.7 Å². The second-order valence-electron chi connectivity index (χ2n) is 7.17.